The van der Waals surface area contributed by atoms with Crippen molar-refractivity contribution >= 4 is 11.8 Å². The third kappa shape index (κ3) is 2.76. The summed E-state index contributed by atoms with van der Waals surface area (Å²) in [4.78, 5) is 4.32. The van der Waals surface area contributed by atoms with Crippen LogP contribution in [0, 0.1) is 17.2 Å². The lowest BCUT2D eigenvalue weighted by Crippen LogP contribution is -2.07. The van der Waals surface area contributed by atoms with E-state index in [-0.39, 0.29) is 16.6 Å². The minimum Gasteiger partial charge on any atom is -0.339 e. The highest BCUT2D eigenvalue weighted by Gasteiger charge is 2.43. The molecule has 1 fully saturated rings. The van der Waals surface area contributed by atoms with Crippen LogP contribution >= 0.6 is 11.8 Å². The third-order valence-electron chi connectivity index (χ3n) is 2.39. The van der Waals surface area contributed by atoms with Crippen LogP contribution in [0.15, 0.2) is 4.52 Å². The molecule has 86 valence electrons. The van der Waals surface area contributed by atoms with Crippen LogP contribution in [-0.4, -0.2) is 14.9 Å². The van der Waals surface area contributed by atoms with E-state index in [4.69, 9.17) is 9.78 Å². The predicted molar refractivity (Wildman–Crippen MR) is 61.8 cm³/mol. The molecule has 0 saturated heterocycles. The molecular weight excluding hydrogens is 222 g/mol. The van der Waals surface area contributed by atoms with Crippen LogP contribution in [-0.2, 0) is 5.75 Å². The van der Waals surface area contributed by atoms with Gasteiger partial charge in [-0.2, -0.15) is 10.2 Å². The molecule has 1 heterocycles. The monoisotopic (exact) mass is 237 g/mol. The molecule has 2 unspecified atom stereocenters. The van der Waals surface area contributed by atoms with Gasteiger partial charge < -0.3 is 4.52 Å². The Kier molecular flexibility index (Phi) is 2.94. The molecule has 0 radical (unpaired) electrons. The summed E-state index contributed by atoms with van der Waals surface area (Å²) >= 11 is 1.79. The van der Waals surface area contributed by atoms with E-state index in [1.54, 1.807) is 11.8 Å². The highest BCUT2D eigenvalue weighted by atomic mass is 32.2. The first-order valence-electron chi connectivity index (χ1n) is 5.35. The molecule has 1 aromatic heterocycles. The number of rotatable bonds is 3. The first-order valence-corrected chi connectivity index (χ1v) is 6.34. The van der Waals surface area contributed by atoms with Gasteiger partial charge in [0.15, 0.2) is 5.82 Å². The average Bonchev–Trinajstić information content (AvgIpc) is 2.84. The molecule has 0 spiro atoms. The van der Waals surface area contributed by atoms with Gasteiger partial charge >= 0.3 is 0 Å². The van der Waals surface area contributed by atoms with Crippen molar-refractivity contribution in [1.82, 2.24) is 10.1 Å². The number of thioether (sulfide) groups is 1. The van der Waals surface area contributed by atoms with Gasteiger partial charge in [-0.25, -0.2) is 0 Å². The fraction of sp³-hybridized carbons (Fsp3) is 0.727. The largest absolute Gasteiger partial charge is 0.339 e. The van der Waals surface area contributed by atoms with Gasteiger partial charge in [0.1, 0.15) is 0 Å². The summed E-state index contributed by atoms with van der Waals surface area (Å²) in [6.07, 6.45) is 0.866. The average molecular weight is 237 g/mol. The summed E-state index contributed by atoms with van der Waals surface area (Å²) in [6.45, 7) is 6.47. The fourth-order valence-corrected chi connectivity index (χ4v) is 2.05. The Bertz CT molecular complexity index is 416. The number of nitrogens with zero attached hydrogens (tertiary/aromatic N) is 3. The molecule has 0 bridgehead atoms. The minimum absolute atomic E-state index is 0.0866. The maximum Gasteiger partial charge on any atom is 0.231 e. The van der Waals surface area contributed by atoms with Crippen LogP contribution in [0.25, 0.3) is 0 Å². The van der Waals surface area contributed by atoms with Gasteiger partial charge in [-0.1, -0.05) is 25.9 Å². The van der Waals surface area contributed by atoms with Crippen molar-refractivity contribution in [3.63, 3.8) is 0 Å². The second kappa shape index (κ2) is 4.10. The molecule has 0 amide bonds. The van der Waals surface area contributed by atoms with Gasteiger partial charge in [0.2, 0.25) is 5.89 Å². The van der Waals surface area contributed by atoms with Crippen LogP contribution < -0.4 is 0 Å². The molecule has 2 atom stereocenters. The van der Waals surface area contributed by atoms with E-state index in [2.05, 4.69) is 37.0 Å². The van der Waals surface area contributed by atoms with Gasteiger partial charge in [0.05, 0.1) is 23.7 Å². The summed E-state index contributed by atoms with van der Waals surface area (Å²) < 4.78 is 5.36. The normalized spacial score (nSPS) is 24.1. The third-order valence-corrected chi connectivity index (χ3v) is 3.66. The van der Waals surface area contributed by atoms with Crippen molar-refractivity contribution in [2.45, 2.75) is 43.6 Å². The lowest BCUT2D eigenvalue weighted by atomic mass is 10.3. The van der Waals surface area contributed by atoms with Gasteiger partial charge in [0, 0.05) is 4.75 Å². The Balaban J connectivity index is 1.91. The van der Waals surface area contributed by atoms with E-state index >= 15 is 0 Å². The second-order valence-corrected chi connectivity index (χ2v) is 6.83. The molecular formula is C11H15N3OS. The van der Waals surface area contributed by atoms with Crippen molar-refractivity contribution in [3.05, 3.63) is 11.7 Å². The summed E-state index contributed by atoms with van der Waals surface area (Å²) in [5, 5.41) is 12.6. The topological polar surface area (TPSA) is 62.7 Å². The maximum absolute atomic E-state index is 8.71. The van der Waals surface area contributed by atoms with Crippen LogP contribution in [0.4, 0.5) is 0 Å². The zero-order valence-corrected chi connectivity index (χ0v) is 10.5. The molecule has 1 aliphatic rings. The van der Waals surface area contributed by atoms with Crippen LogP contribution in [0.5, 0.6) is 0 Å². The van der Waals surface area contributed by atoms with E-state index in [1.807, 2.05) is 0 Å². The van der Waals surface area contributed by atoms with Crippen LogP contribution in [0.3, 0.4) is 0 Å². The van der Waals surface area contributed by atoms with Gasteiger partial charge in [-0.3, -0.25) is 0 Å². The van der Waals surface area contributed by atoms with E-state index < -0.39 is 0 Å². The van der Waals surface area contributed by atoms with Gasteiger partial charge in [-0.05, 0) is 6.42 Å². The molecule has 1 aromatic rings. The van der Waals surface area contributed by atoms with Crippen LogP contribution in [0.1, 0.15) is 44.8 Å². The summed E-state index contributed by atoms with van der Waals surface area (Å²) in [7, 11) is 0. The quantitative estimate of drug-likeness (QED) is 0.808. The van der Waals surface area contributed by atoms with Crippen molar-refractivity contribution in [2.24, 2.45) is 5.92 Å². The zero-order chi connectivity index (χ0) is 11.8. The van der Waals surface area contributed by atoms with Crippen LogP contribution in [0.2, 0.25) is 0 Å². The molecule has 1 saturated carbocycles. The molecule has 2 rings (SSSR count). The molecule has 0 aliphatic heterocycles. The van der Waals surface area contributed by atoms with E-state index in [9.17, 15) is 0 Å². The Morgan fingerprint density at radius 3 is 2.88 bits per heavy atom. The lowest BCUT2D eigenvalue weighted by Gasteiger charge is -2.15. The van der Waals surface area contributed by atoms with Gasteiger partial charge in [0.25, 0.3) is 0 Å². The molecule has 4 nitrogen and oxygen atoms in total. The predicted octanol–water partition coefficient (Wildman–Crippen LogP) is 2.73. The maximum atomic E-state index is 8.71. The van der Waals surface area contributed by atoms with Crippen molar-refractivity contribution < 1.29 is 4.52 Å². The zero-order valence-electron chi connectivity index (χ0n) is 9.73. The minimum atomic E-state index is 0.0866. The standard InChI is InChI=1S/C11H15N3OS/c1-11(2,3)16-6-9-13-10(15-14-9)8-4-7(8)5-12/h7-8H,4,6H2,1-3H3. The molecule has 16 heavy (non-hydrogen) atoms. The Morgan fingerprint density at radius 1 is 1.56 bits per heavy atom. The Hall–Kier alpha value is -1.02. The van der Waals surface area contributed by atoms with Crippen molar-refractivity contribution in [2.75, 3.05) is 0 Å². The molecule has 1 aliphatic carbocycles. The summed E-state index contributed by atoms with van der Waals surface area (Å²) in [6, 6.07) is 2.22. The highest BCUT2D eigenvalue weighted by Crippen LogP contribution is 2.46. The van der Waals surface area contributed by atoms with Gasteiger partial charge in [-0.15, -0.1) is 11.8 Å². The second-order valence-electron chi connectivity index (χ2n) is 5.03. The first-order chi connectivity index (χ1) is 7.49. The molecule has 0 aromatic carbocycles. The molecule has 0 N–H and O–H groups in total. The lowest BCUT2D eigenvalue weighted by molar-refractivity contribution is 0.373. The molecule has 5 heteroatoms. The number of aromatic nitrogens is 2. The van der Waals surface area contributed by atoms with Crippen molar-refractivity contribution in [1.29, 1.82) is 5.26 Å². The van der Waals surface area contributed by atoms with E-state index in [0.717, 1.165) is 18.0 Å². The van der Waals surface area contributed by atoms with E-state index in [1.165, 1.54) is 0 Å². The summed E-state index contributed by atoms with van der Waals surface area (Å²) in [5.74, 6) is 2.40. The Morgan fingerprint density at radius 2 is 2.31 bits per heavy atom. The number of nitriles is 1. The number of hydrogen-bond acceptors (Lipinski definition) is 5. The smallest absolute Gasteiger partial charge is 0.231 e. The number of hydrogen-bond donors (Lipinski definition) is 0. The van der Waals surface area contributed by atoms with Crippen molar-refractivity contribution in [3.8, 4) is 6.07 Å². The SMILES string of the molecule is CC(C)(C)SCc1noc(C2CC2C#N)n1. The van der Waals surface area contributed by atoms with E-state index in [0.29, 0.717) is 5.89 Å². The fourth-order valence-electron chi connectivity index (χ4n) is 1.37. The first kappa shape index (κ1) is 11.5. The summed E-state index contributed by atoms with van der Waals surface area (Å²) in [5.41, 5.74) is 0. The Labute approximate surface area is 99.4 Å². The highest BCUT2D eigenvalue weighted by molar-refractivity contribution is 7.99.